The third kappa shape index (κ3) is 5.68. The average molecular weight is 462 g/mol. The SMILES string of the molecule is Cc1cc(C)cc(C(=O)N2CCCC(C(=O)Nc3cccc(NC(=O)c4cccs4)c3)C2)c1. The number of thiophene rings is 1. The van der Waals surface area contributed by atoms with Crippen molar-refractivity contribution in [3.05, 3.63) is 81.5 Å². The van der Waals surface area contributed by atoms with Crippen LogP contribution in [0.1, 0.15) is 44.0 Å². The summed E-state index contributed by atoms with van der Waals surface area (Å²) < 4.78 is 0. The first-order valence-electron chi connectivity index (χ1n) is 11.0. The van der Waals surface area contributed by atoms with Crippen molar-refractivity contribution in [2.45, 2.75) is 26.7 Å². The van der Waals surface area contributed by atoms with Crippen molar-refractivity contribution >= 4 is 40.4 Å². The molecule has 2 N–H and O–H groups in total. The summed E-state index contributed by atoms with van der Waals surface area (Å²) in [6.07, 6.45) is 1.52. The Labute approximate surface area is 197 Å². The number of nitrogens with zero attached hydrogens (tertiary/aromatic N) is 1. The normalized spacial score (nSPS) is 15.7. The van der Waals surface area contributed by atoms with Gasteiger partial charge in [-0.2, -0.15) is 0 Å². The fraction of sp³-hybridized carbons (Fsp3) is 0.269. The Morgan fingerprint density at radius 3 is 2.36 bits per heavy atom. The predicted octanol–water partition coefficient (Wildman–Crippen LogP) is 5.11. The lowest BCUT2D eigenvalue weighted by atomic mass is 9.96. The molecule has 7 heteroatoms. The van der Waals surface area contributed by atoms with Crippen molar-refractivity contribution in [1.82, 2.24) is 4.90 Å². The van der Waals surface area contributed by atoms with E-state index in [-0.39, 0.29) is 23.6 Å². The van der Waals surface area contributed by atoms with E-state index in [9.17, 15) is 14.4 Å². The maximum absolute atomic E-state index is 13.0. The smallest absolute Gasteiger partial charge is 0.265 e. The molecule has 0 bridgehead atoms. The standard InChI is InChI=1S/C26H27N3O3S/c1-17-12-18(2)14-20(13-17)26(32)29-10-4-6-19(16-29)24(30)27-21-7-3-8-22(15-21)28-25(31)23-9-5-11-33-23/h3,5,7-9,11-15,19H,4,6,10,16H2,1-2H3,(H,27,30)(H,28,31). The van der Waals surface area contributed by atoms with E-state index in [2.05, 4.69) is 10.6 Å². The molecular formula is C26H27N3O3S. The lowest BCUT2D eigenvalue weighted by molar-refractivity contribution is -0.121. The van der Waals surface area contributed by atoms with Crippen LogP contribution in [0.4, 0.5) is 11.4 Å². The molecule has 1 fully saturated rings. The molecule has 2 aromatic carbocycles. The molecule has 3 aromatic rings. The number of aryl methyl sites for hydroxylation is 2. The molecule has 170 valence electrons. The molecule has 0 radical (unpaired) electrons. The highest BCUT2D eigenvalue weighted by atomic mass is 32.1. The molecular weight excluding hydrogens is 434 g/mol. The number of rotatable bonds is 5. The zero-order valence-electron chi connectivity index (χ0n) is 18.8. The van der Waals surface area contributed by atoms with E-state index in [0.717, 1.165) is 24.0 Å². The fourth-order valence-corrected chi connectivity index (χ4v) is 4.79. The summed E-state index contributed by atoms with van der Waals surface area (Å²) in [6.45, 7) is 5.01. The first-order chi connectivity index (χ1) is 15.9. The highest BCUT2D eigenvalue weighted by Gasteiger charge is 2.29. The minimum Gasteiger partial charge on any atom is -0.338 e. The number of nitrogens with one attached hydrogen (secondary N) is 2. The molecule has 0 spiro atoms. The number of carbonyl (C=O) groups is 3. The second-order valence-corrected chi connectivity index (χ2v) is 9.42. The van der Waals surface area contributed by atoms with Gasteiger partial charge in [-0.25, -0.2) is 0 Å². The predicted molar refractivity (Wildman–Crippen MR) is 132 cm³/mol. The van der Waals surface area contributed by atoms with Crippen LogP contribution in [0.2, 0.25) is 0 Å². The Hall–Kier alpha value is -3.45. The number of piperidine rings is 1. The zero-order chi connectivity index (χ0) is 23.4. The van der Waals surface area contributed by atoms with Crippen LogP contribution < -0.4 is 10.6 Å². The van der Waals surface area contributed by atoms with Gasteiger partial charge in [-0.3, -0.25) is 14.4 Å². The monoisotopic (exact) mass is 461 g/mol. The van der Waals surface area contributed by atoms with Crippen LogP contribution in [-0.2, 0) is 4.79 Å². The van der Waals surface area contributed by atoms with Crippen LogP contribution in [0, 0.1) is 19.8 Å². The molecule has 1 atom stereocenters. The van der Waals surface area contributed by atoms with Gasteiger partial charge in [0.05, 0.1) is 10.8 Å². The second kappa shape index (κ2) is 10.0. The number of likely N-dealkylation sites (tertiary alicyclic amines) is 1. The number of hydrogen-bond acceptors (Lipinski definition) is 4. The van der Waals surface area contributed by atoms with Gasteiger partial charge in [0.1, 0.15) is 0 Å². The van der Waals surface area contributed by atoms with Gasteiger partial charge < -0.3 is 15.5 Å². The number of hydrogen-bond donors (Lipinski definition) is 2. The second-order valence-electron chi connectivity index (χ2n) is 8.47. The summed E-state index contributed by atoms with van der Waals surface area (Å²) in [6, 6.07) is 16.5. The van der Waals surface area contributed by atoms with Gasteiger partial charge in [0.2, 0.25) is 5.91 Å². The molecule has 33 heavy (non-hydrogen) atoms. The molecule has 0 saturated carbocycles. The summed E-state index contributed by atoms with van der Waals surface area (Å²) in [7, 11) is 0. The first kappa shape index (κ1) is 22.7. The summed E-state index contributed by atoms with van der Waals surface area (Å²) in [5, 5.41) is 7.66. The van der Waals surface area contributed by atoms with Gasteiger partial charge in [0.25, 0.3) is 11.8 Å². The van der Waals surface area contributed by atoms with E-state index in [1.54, 1.807) is 35.2 Å². The van der Waals surface area contributed by atoms with E-state index in [1.807, 2.05) is 43.5 Å². The van der Waals surface area contributed by atoms with Gasteiger partial charge in [-0.15, -0.1) is 11.3 Å². The van der Waals surface area contributed by atoms with E-state index < -0.39 is 0 Å². The third-order valence-corrected chi connectivity index (χ3v) is 6.55. The van der Waals surface area contributed by atoms with Crippen molar-refractivity contribution < 1.29 is 14.4 Å². The molecule has 1 unspecified atom stereocenters. The Morgan fingerprint density at radius 2 is 1.67 bits per heavy atom. The van der Waals surface area contributed by atoms with Crippen LogP contribution in [0.25, 0.3) is 0 Å². The van der Waals surface area contributed by atoms with Gasteiger partial charge in [0.15, 0.2) is 0 Å². The number of carbonyl (C=O) groups excluding carboxylic acids is 3. The fourth-order valence-electron chi connectivity index (χ4n) is 4.18. The summed E-state index contributed by atoms with van der Waals surface area (Å²) in [5.74, 6) is -0.605. The molecule has 1 saturated heterocycles. The lowest BCUT2D eigenvalue weighted by Gasteiger charge is -2.32. The van der Waals surface area contributed by atoms with Crippen LogP contribution in [0.15, 0.2) is 60.0 Å². The largest absolute Gasteiger partial charge is 0.338 e. The quantitative estimate of drug-likeness (QED) is 0.554. The molecule has 6 nitrogen and oxygen atoms in total. The molecule has 3 amide bonds. The average Bonchev–Trinajstić information content (AvgIpc) is 3.33. The Morgan fingerprint density at radius 1 is 0.939 bits per heavy atom. The topological polar surface area (TPSA) is 78.5 Å². The summed E-state index contributed by atoms with van der Waals surface area (Å²) in [5.41, 5.74) is 4.00. The van der Waals surface area contributed by atoms with Crippen LogP contribution >= 0.6 is 11.3 Å². The molecule has 1 aliphatic rings. The molecule has 2 heterocycles. The Bertz CT molecular complexity index is 1150. The van der Waals surface area contributed by atoms with Crippen molar-refractivity contribution in [3.8, 4) is 0 Å². The van der Waals surface area contributed by atoms with E-state index in [4.69, 9.17) is 0 Å². The van der Waals surface area contributed by atoms with Crippen LogP contribution in [0.5, 0.6) is 0 Å². The maximum atomic E-state index is 13.0. The zero-order valence-corrected chi connectivity index (χ0v) is 19.6. The molecule has 1 aliphatic heterocycles. The van der Waals surface area contributed by atoms with E-state index in [1.165, 1.54) is 11.3 Å². The number of benzene rings is 2. The van der Waals surface area contributed by atoms with Gasteiger partial charge in [0, 0.05) is 30.0 Å². The summed E-state index contributed by atoms with van der Waals surface area (Å²) in [4.78, 5) is 40.7. The van der Waals surface area contributed by atoms with E-state index in [0.29, 0.717) is 34.9 Å². The molecule has 4 rings (SSSR count). The van der Waals surface area contributed by atoms with Crippen molar-refractivity contribution in [2.75, 3.05) is 23.7 Å². The Balaban J connectivity index is 1.39. The highest BCUT2D eigenvalue weighted by Crippen LogP contribution is 2.23. The molecule has 0 aliphatic carbocycles. The summed E-state index contributed by atoms with van der Waals surface area (Å²) >= 11 is 1.37. The van der Waals surface area contributed by atoms with E-state index >= 15 is 0 Å². The first-order valence-corrected chi connectivity index (χ1v) is 11.9. The van der Waals surface area contributed by atoms with Crippen molar-refractivity contribution in [2.24, 2.45) is 5.92 Å². The lowest BCUT2D eigenvalue weighted by Crippen LogP contribution is -2.43. The van der Waals surface area contributed by atoms with Crippen molar-refractivity contribution in [1.29, 1.82) is 0 Å². The van der Waals surface area contributed by atoms with Gasteiger partial charge in [-0.05, 0) is 68.5 Å². The maximum Gasteiger partial charge on any atom is 0.265 e. The number of amides is 3. The Kier molecular flexibility index (Phi) is 6.89. The highest BCUT2D eigenvalue weighted by molar-refractivity contribution is 7.12. The minimum absolute atomic E-state index is 0.0300. The van der Waals surface area contributed by atoms with Gasteiger partial charge >= 0.3 is 0 Å². The van der Waals surface area contributed by atoms with Gasteiger partial charge in [-0.1, -0.05) is 29.3 Å². The third-order valence-electron chi connectivity index (χ3n) is 5.68. The number of anilines is 2. The molecule has 1 aromatic heterocycles. The minimum atomic E-state index is -0.280. The van der Waals surface area contributed by atoms with Crippen LogP contribution in [-0.4, -0.2) is 35.7 Å². The van der Waals surface area contributed by atoms with Crippen LogP contribution in [0.3, 0.4) is 0 Å². The van der Waals surface area contributed by atoms with Crippen molar-refractivity contribution in [3.63, 3.8) is 0 Å².